The van der Waals surface area contributed by atoms with Crippen molar-refractivity contribution >= 4 is 16.7 Å². The topological polar surface area (TPSA) is 61.4 Å². The van der Waals surface area contributed by atoms with Gasteiger partial charge in [-0.2, -0.15) is 0 Å². The molecule has 1 unspecified atom stereocenters. The highest BCUT2D eigenvalue weighted by Gasteiger charge is 2.19. The van der Waals surface area contributed by atoms with E-state index in [-0.39, 0.29) is 17.7 Å². The van der Waals surface area contributed by atoms with Crippen molar-refractivity contribution in [1.82, 2.24) is 10.6 Å². The van der Waals surface area contributed by atoms with E-state index in [0.29, 0.717) is 10.9 Å². The molecule has 104 valence electrons. The predicted molar refractivity (Wildman–Crippen MR) is 79.0 cm³/mol. The van der Waals surface area contributed by atoms with Crippen LogP contribution in [-0.4, -0.2) is 30.1 Å². The average Bonchev–Trinajstić information content (AvgIpc) is 2.49. The number of hydrogen-bond acceptors (Lipinski definition) is 3. The van der Waals surface area contributed by atoms with Gasteiger partial charge in [-0.3, -0.25) is 4.79 Å². The number of nitrogens with one attached hydrogen (secondary N) is 2. The first-order chi connectivity index (χ1) is 9.75. The monoisotopic (exact) mass is 270 g/mol. The van der Waals surface area contributed by atoms with Crippen molar-refractivity contribution in [2.75, 3.05) is 13.1 Å². The first-order valence-corrected chi connectivity index (χ1v) is 6.98. The molecule has 2 aromatic carbocycles. The van der Waals surface area contributed by atoms with Gasteiger partial charge in [0.25, 0.3) is 5.91 Å². The van der Waals surface area contributed by atoms with Crippen LogP contribution in [0.3, 0.4) is 0 Å². The lowest BCUT2D eigenvalue weighted by Crippen LogP contribution is -2.45. The summed E-state index contributed by atoms with van der Waals surface area (Å²) in [5, 5.41) is 18.2. The molecule has 4 heteroatoms. The van der Waals surface area contributed by atoms with E-state index in [0.717, 1.165) is 31.3 Å². The van der Waals surface area contributed by atoms with Gasteiger partial charge in [-0.1, -0.05) is 30.3 Å². The normalized spacial score (nSPS) is 18.9. The molecule has 2 aromatic rings. The standard InChI is InChI=1S/C16H18N2O2/c19-15-13-6-2-1-4-11(13)7-8-14(15)16(20)18-12-5-3-9-17-10-12/h1-2,4,6-8,12,17,19H,3,5,9-10H2,(H,18,20). The molecule has 0 radical (unpaired) electrons. The van der Waals surface area contributed by atoms with Crippen LogP contribution >= 0.6 is 0 Å². The van der Waals surface area contributed by atoms with Crippen LogP contribution in [0.1, 0.15) is 23.2 Å². The Morgan fingerprint density at radius 2 is 2.10 bits per heavy atom. The Balaban J connectivity index is 1.85. The molecule has 0 aromatic heterocycles. The van der Waals surface area contributed by atoms with Crippen molar-refractivity contribution in [2.24, 2.45) is 0 Å². The van der Waals surface area contributed by atoms with Crippen molar-refractivity contribution in [3.63, 3.8) is 0 Å². The quantitative estimate of drug-likeness (QED) is 0.782. The van der Waals surface area contributed by atoms with E-state index in [1.54, 1.807) is 6.07 Å². The molecule has 3 rings (SSSR count). The third kappa shape index (κ3) is 2.47. The summed E-state index contributed by atoms with van der Waals surface area (Å²) in [6, 6.07) is 11.2. The molecule has 3 N–H and O–H groups in total. The van der Waals surface area contributed by atoms with Gasteiger partial charge in [0.15, 0.2) is 0 Å². The zero-order chi connectivity index (χ0) is 13.9. The Hall–Kier alpha value is -2.07. The SMILES string of the molecule is O=C(NC1CCCNC1)c1ccc2ccccc2c1O. The lowest BCUT2D eigenvalue weighted by molar-refractivity contribution is 0.0928. The zero-order valence-electron chi connectivity index (χ0n) is 11.2. The highest BCUT2D eigenvalue weighted by molar-refractivity contribution is 6.03. The van der Waals surface area contributed by atoms with E-state index in [9.17, 15) is 9.90 Å². The number of benzene rings is 2. The van der Waals surface area contributed by atoms with E-state index in [4.69, 9.17) is 0 Å². The van der Waals surface area contributed by atoms with Crippen LogP contribution in [-0.2, 0) is 0 Å². The van der Waals surface area contributed by atoms with Crippen molar-refractivity contribution in [2.45, 2.75) is 18.9 Å². The van der Waals surface area contributed by atoms with Gasteiger partial charge >= 0.3 is 0 Å². The minimum atomic E-state index is -0.207. The average molecular weight is 270 g/mol. The molecule has 1 saturated heterocycles. The molecule has 1 aliphatic rings. The third-order valence-electron chi connectivity index (χ3n) is 3.78. The number of piperidine rings is 1. The Morgan fingerprint density at radius 1 is 1.25 bits per heavy atom. The summed E-state index contributed by atoms with van der Waals surface area (Å²) in [4.78, 5) is 12.3. The van der Waals surface area contributed by atoms with Gasteiger partial charge in [-0.15, -0.1) is 0 Å². The van der Waals surface area contributed by atoms with Crippen LogP contribution in [0.2, 0.25) is 0 Å². The van der Waals surface area contributed by atoms with Crippen LogP contribution in [0.5, 0.6) is 5.75 Å². The highest BCUT2D eigenvalue weighted by atomic mass is 16.3. The maximum Gasteiger partial charge on any atom is 0.255 e. The minimum absolute atomic E-state index is 0.0596. The van der Waals surface area contributed by atoms with Gasteiger partial charge in [-0.05, 0) is 30.8 Å². The molecule has 20 heavy (non-hydrogen) atoms. The number of rotatable bonds is 2. The molecule has 0 saturated carbocycles. The van der Waals surface area contributed by atoms with Crippen LogP contribution in [0.4, 0.5) is 0 Å². The molecule has 1 heterocycles. The second kappa shape index (κ2) is 5.51. The van der Waals surface area contributed by atoms with E-state index < -0.39 is 0 Å². The number of fused-ring (bicyclic) bond motifs is 1. The molecule has 0 spiro atoms. The number of amides is 1. The van der Waals surface area contributed by atoms with Crippen molar-refractivity contribution in [3.8, 4) is 5.75 Å². The maximum absolute atomic E-state index is 12.3. The van der Waals surface area contributed by atoms with Gasteiger partial charge < -0.3 is 15.7 Å². The fraction of sp³-hybridized carbons (Fsp3) is 0.312. The highest BCUT2D eigenvalue weighted by Crippen LogP contribution is 2.28. The summed E-state index contributed by atoms with van der Waals surface area (Å²) in [5.41, 5.74) is 0.342. The van der Waals surface area contributed by atoms with Gasteiger partial charge in [0.2, 0.25) is 0 Å². The molecular weight excluding hydrogens is 252 g/mol. The second-order valence-electron chi connectivity index (χ2n) is 5.20. The van der Waals surface area contributed by atoms with Crippen molar-refractivity contribution < 1.29 is 9.90 Å². The number of phenols is 1. The van der Waals surface area contributed by atoms with E-state index >= 15 is 0 Å². The smallest absolute Gasteiger partial charge is 0.255 e. The molecule has 1 atom stereocenters. The Kier molecular flexibility index (Phi) is 3.56. The Bertz CT molecular complexity index is 633. The number of hydrogen-bond donors (Lipinski definition) is 3. The molecule has 1 fully saturated rings. The molecule has 1 amide bonds. The summed E-state index contributed by atoms with van der Waals surface area (Å²) >= 11 is 0. The number of aromatic hydroxyl groups is 1. The van der Waals surface area contributed by atoms with E-state index in [1.165, 1.54) is 0 Å². The van der Waals surface area contributed by atoms with Crippen LogP contribution in [0.25, 0.3) is 10.8 Å². The van der Waals surface area contributed by atoms with Crippen LogP contribution in [0, 0.1) is 0 Å². The molecule has 1 aliphatic heterocycles. The summed E-state index contributed by atoms with van der Waals surface area (Å²) in [6.07, 6.45) is 2.04. The number of phenolic OH excluding ortho intramolecular Hbond substituents is 1. The lowest BCUT2D eigenvalue weighted by atomic mass is 10.0. The number of carbonyl (C=O) groups is 1. The summed E-state index contributed by atoms with van der Waals surface area (Å²) in [6.45, 7) is 1.80. The lowest BCUT2D eigenvalue weighted by Gasteiger charge is -2.24. The maximum atomic E-state index is 12.3. The Morgan fingerprint density at radius 3 is 2.90 bits per heavy atom. The summed E-state index contributed by atoms with van der Waals surface area (Å²) in [5.74, 6) is -0.147. The largest absolute Gasteiger partial charge is 0.506 e. The molecule has 0 bridgehead atoms. The van der Waals surface area contributed by atoms with E-state index in [1.807, 2.05) is 30.3 Å². The zero-order valence-corrected chi connectivity index (χ0v) is 11.2. The number of carbonyl (C=O) groups excluding carboxylic acids is 1. The molecule has 4 nitrogen and oxygen atoms in total. The third-order valence-corrected chi connectivity index (χ3v) is 3.78. The fourth-order valence-corrected chi connectivity index (χ4v) is 2.68. The predicted octanol–water partition coefficient (Wildman–Crippen LogP) is 2.03. The fourth-order valence-electron chi connectivity index (χ4n) is 2.68. The summed E-state index contributed by atoms with van der Waals surface area (Å²) < 4.78 is 0. The summed E-state index contributed by atoms with van der Waals surface area (Å²) in [7, 11) is 0. The molecule has 0 aliphatic carbocycles. The van der Waals surface area contributed by atoms with Gasteiger partial charge in [0, 0.05) is 18.0 Å². The van der Waals surface area contributed by atoms with Crippen LogP contribution < -0.4 is 10.6 Å². The first kappa shape index (κ1) is 12.9. The van der Waals surface area contributed by atoms with Gasteiger partial charge in [0.05, 0.1) is 5.56 Å². The molecular formula is C16H18N2O2. The van der Waals surface area contributed by atoms with E-state index in [2.05, 4.69) is 10.6 Å². The minimum Gasteiger partial charge on any atom is -0.506 e. The van der Waals surface area contributed by atoms with Gasteiger partial charge in [-0.25, -0.2) is 0 Å². The van der Waals surface area contributed by atoms with Gasteiger partial charge in [0.1, 0.15) is 5.75 Å². The second-order valence-corrected chi connectivity index (χ2v) is 5.20. The van der Waals surface area contributed by atoms with Crippen molar-refractivity contribution in [1.29, 1.82) is 0 Å². The first-order valence-electron chi connectivity index (χ1n) is 6.98. The van der Waals surface area contributed by atoms with Crippen molar-refractivity contribution in [3.05, 3.63) is 42.0 Å². The Labute approximate surface area is 117 Å². The van der Waals surface area contributed by atoms with Crippen LogP contribution in [0.15, 0.2) is 36.4 Å².